The van der Waals surface area contributed by atoms with E-state index in [0.29, 0.717) is 140 Å². The largest absolute Gasteiger partial charge is 1.00 e. The summed E-state index contributed by atoms with van der Waals surface area (Å²) in [6, 6.07) is 37.6. The number of amides is 5. The van der Waals surface area contributed by atoms with Gasteiger partial charge < -0.3 is 53.9 Å². The van der Waals surface area contributed by atoms with E-state index >= 15 is 0 Å². The zero-order chi connectivity index (χ0) is 78.7. The topological polar surface area (TPSA) is 371 Å². The number of benzene rings is 6. The number of nitrogens with zero attached hydrogens (tertiary/aromatic N) is 7. The van der Waals surface area contributed by atoms with E-state index < -0.39 is 29.3 Å². The normalized spacial score (nSPS) is 10.7. The molecule has 15 rings (SSSR count). The Morgan fingerprint density at radius 1 is 0.469 bits per heavy atom. The van der Waals surface area contributed by atoms with Crippen molar-refractivity contribution in [3.05, 3.63) is 315 Å². The van der Waals surface area contributed by atoms with Crippen LogP contribution in [-0.2, 0) is 48.6 Å². The van der Waals surface area contributed by atoms with Gasteiger partial charge in [-0.25, -0.2) is 13.2 Å². The van der Waals surface area contributed by atoms with Crippen LogP contribution in [0.4, 0.5) is 13.2 Å². The van der Waals surface area contributed by atoms with E-state index in [9.17, 15) is 42.4 Å². The Bertz CT molecular complexity index is 6030. The molecule has 113 heavy (non-hydrogen) atoms. The zero-order valence-electron chi connectivity index (χ0n) is 60.1. The van der Waals surface area contributed by atoms with Crippen molar-refractivity contribution in [1.29, 1.82) is 5.26 Å². The number of H-pyrrole nitrogens is 3. The summed E-state index contributed by atoms with van der Waals surface area (Å²) in [7, 11) is 0. The number of carbonyl (C=O) groups is 6. The minimum absolute atomic E-state index is 0. The minimum atomic E-state index is -0.607. The van der Waals surface area contributed by atoms with E-state index in [1.807, 2.05) is 18.2 Å². The fourth-order valence-electron chi connectivity index (χ4n) is 12.2. The summed E-state index contributed by atoms with van der Waals surface area (Å²) in [6.45, 7) is -0.204. The number of hydrogen-bond acceptors (Lipinski definition) is 15. The molecule has 0 bridgehead atoms. The summed E-state index contributed by atoms with van der Waals surface area (Å²) in [5, 5.41) is 31.3. The Morgan fingerprint density at radius 3 is 1.09 bits per heavy atom. The van der Waals surface area contributed by atoms with Crippen LogP contribution in [0.25, 0.3) is 65.4 Å². The van der Waals surface area contributed by atoms with Crippen molar-refractivity contribution in [3.63, 3.8) is 0 Å². The Labute approximate surface area is 755 Å². The molecule has 34 heteroatoms. The summed E-state index contributed by atoms with van der Waals surface area (Å²) in [5.74, 6) is -3.77. The molecule has 558 valence electrons. The van der Waals surface area contributed by atoms with Crippen LogP contribution >= 0.6 is 69.6 Å². The van der Waals surface area contributed by atoms with Gasteiger partial charge >= 0.3 is 103 Å². The zero-order valence-corrected chi connectivity index (χ0v) is 69.9. The van der Waals surface area contributed by atoms with Crippen LogP contribution in [-0.4, -0.2) is 80.9 Å². The number of nitrogens with two attached hydrogens (primary N) is 2. The van der Waals surface area contributed by atoms with E-state index in [0.717, 1.165) is 22.1 Å². The Kier molecular flexibility index (Phi) is 29.8. The number of fused-ring (bicyclic) bond motifs is 6. The number of hydrogen-bond donors (Lipinski definition) is 8. The molecule has 23 nitrogen and oxygen atoms in total. The molecule has 15 aromatic rings. The van der Waals surface area contributed by atoms with Crippen molar-refractivity contribution in [2.24, 2.45) is 11.5 Å². The summed E-state index contributed by atoms with van der Waals surface area (Å²) >= 11 is 36.4. The molecule has 0 unspecified atom stereocenters. The third kappa shape index (κ3) is 20.8. The van der Waals surface area contributed by atoms with E-state index in [-0.39, 0.29) is 185 Å². The van der Waals surface area contributed by atoms with Crippen LogP contribution in [0, 0.1) is 28.8 Å². The van der Waals surface area contributed by atoms with Crippen molar-refractivity contribution < 1.29 is 156 Å². The van der Waals surface area contributed by atoms with Crippen LogP contribution in [0.15, 0.2) is 183 Å². The fourth-order valence-corrected chi connectivity index (χ4v) is 13.4. The third-order valence-corrected chi connectivity index (χ3v) is 18.8. The summed E-state index contributed by atoms with van der Waals surface area (Å²) < 4.78 is 44.5. The number of halogens is 9. The van der Waals surface area contributed by atoms with Gasteiger partial charge in [0.1, 0.15) is 23.5 Å². The molecule has 9 heterocycles. The molecular weight excluding hydrogens is 1630 g/mol. The minimum Gasteiger partial charge on any atom is -1.00 e. The first-order chi connectivity index (χ1) is 53.4. The van der Waals surface area contributed by atoms with Gasteiger partial charge in [-0.2, -0.15) is 5.26 Å². The number of rotatable bonds is 18. The van der Waals surface area contributed by atoms with Gasteiger partial charge in [0.25, 0.3) is 36.0 Å². The third-order valence-electron chi connectivity index (χ3n) is 17.3. The molecule has 0 saturated heterocycles. The van der Waals surface area contributed by atoms with Crippen molar-refractivity contribution in [2.45, 2.75) is 38.9 Å². The monoisotopic (exact) mass is 1690 g/mol. The first-order valence-corrected chi connectivity index (χ1v) is 35.2. The fraction of sp³-hybridized carbons (Fsp3) is 0.0759. The number of carbonyl (C=O) groups excluding carboxylic acids is 6. The summed E-state index contributed by atoms with van der Waals surface area (Å²) in [4.78, 5) is 108. The molecule has 0 fully saturated rings. The standard InChI is InChI=1S/2C26H18Cl2FN5O2.C26H16Cl2FN5O.CH2O3.2K.H/c2*27-17-8-16-5-13(7-19(25(30)35)24(16)33-11-17)6-18-9-14(3-4-31-18)26(36)34-10-15-1-2-21-22(23(15)29)20(28)12-32-21;27-19-8-17-5-14(6-18(10-30)25(17)33-12-19)7-20-9-15(3-4-31-20)26(35)34-11-16-1-2-22-23(24(16)29)21(28)13-32-22;2-1-4-3;;;/h2*1-5,7-9,11-12,32H,6,10H2,(H2,30,35)(H,34,36);1-6,8-9,12-13,32H,7,11H2,(H,34,35);1,3H;;;/q;;;;2*+1;-1/p-1. The average molecular weight is 1690 g/mol. The molecule has 0 atom stereocenters. The predicted molar refractivity (Wildman–Crippen MR) is 415 cm³/mol. The molecule has 0 aliphatic rings. The second kappa shape index (κ2) is 39.2. The molecule has 5 amide bonds. The van der Waals surface area contributed by atoms with Gasteiger partial charge in [-0.05, 0) is 126 Å². The predicted octanol–water partition coefficient (Wildman–Crippen LogP) is 8.86. The van der Waals surface area contributed by atoms with E-state index in [1.165, 1.54) is 49.6 Å². The van der Waals surface area contributed by atoms with Crippen molar-refractivity contribution in [2.75, 3.05) is 0 Å². The quantitative estimate of drug-likeness (QED) is 0.0172. The van der Waals surface area contributed by atoms with Crippen LogP contribution in [0.1, 0.15) is 109 Å². The van der Waals surface area contributed by atoms with E-state index in [2.05, 4.69) is 71.8 Å². The van der Waals surface area contributed by atoms with Crippen molar-refractivity contribution in [3.8, 4) is 6.07 Å². The SMILES string of the molecule is N#Cc1cc(Cc2cc(C(=O)NCc3ccc4[nH]cc(Cl)c4c3F)ccn2)cc2cc(Cl)cnc12.NC(=O)c1cc(Cc2cc(C(=O)NCc3ccc4[nH]cc(Cl)c4c3F)ccn2)cc2cc(Cl)cnc12.NC(=O)c1cc(Cc2cc(C(=O)NCc3ccc4[nH]cc(Cl)c4c3F)ccn2)cc2cc(Cl)cnc12.O=CO[O-].[H-].[K+].[K+]. The molecule has 10 N–H and O–H groups in total. The van der Waals surface area contributed by atoms with Crippen LogP contribution in [0.2, 0.25) is 30.1 Å². The van der Waals surface area contributed by atoms with Gasteiger partial charge in [0, 0.05) is 178 Å². The van der Waals surface area contributed by atoms with Gasteiger partial charge in [-0.3, -0.25) is 58.7 Å². The summed E-state index contributed by atoms with van der Waals surface area (Å²) in [5.41, 5.74) is 21.6. The number of aromatic nitrogens is 9. The van der Waals surface area contributed by atoms with Crippen molar-refractivity contribution in [1.82, 2.24) is 60.8 Å². The maximum Gasteiger partial charge on any atom is 1.00 e. The van der Waals surface area contributed by atoms with Gasteiger partial charge in [-0.1, -0.05) is 87.8 Å². The second-order valence-corrected chi connectivity index (χ2v) is 27.1. The van der Waals surface area contributed by atoms with Crippen LogP contribution < -0.4 is 135 Å². The molecular formula is C79H54Cl6F3K2N15O8. The first-order valence-electron chi connectivity index (χ1n) is 32.9. The van der Waals surface area contributed by atoms with Gasteiger partial charge in [0.05, 0.1) is 79.5 Å². The number of nitriles is 1. The number of aromatic amines is 3. The molecule has 0 spiro atoms. The maximum atomic E-state index is 14.8. The van der Waals surface area contributed by atoms with Gasteiger partial charge in [0.15, 0.2) is 0 Å². The van der Waals surface area contributed by atoms with E-state index in [1.54, 1.807) is 115 Å². The van der Waals surface area contributed by atoms with Crippen LogP contribution in [0.3, 0.4) is 0 Å². The van der Waals surface area contributed by atoms with Crippen molar-refractivity contribution >= 4 is 171 Å². The van der Waals surface area contributed by atoms with Gasteiger partial charge in [0.2, 0.25) is 0 Å². The average Bonchev–Trinajstić information content (AvgIpc) is 1.33. The van der Waals surface area contributed by atoms with E-state index in [4.69, 9.17) is 91.1 Å². The number of pyridine rings is 6. The molecule has 0 aliphatic carbocycles. The second-order valence-electron chi connectivity index (χ2n) is 24.6. The van der Waals surface area contributed by atoms with Crippen LogP contribution in [0.5, 0.6) is 0 Å². The maximum absolute atomic E-state index is 14.8. The molecule has 6 aromatic carbocycles. The molecule has 0 aliphatic heterocycles. The molecule has 0 radical (unpaired) electrons. The number of primary amides is 2. The molecule has 0 saturated carbocycles. The smallest absolute Gasteiger partial charge is 1.00 e. The van der Waals surface area contributed by atoms with Gasteiger partial charge in [-0.15, -0.1) is 0 Å². The summed E-state index contributed by atoms with van der Waals surface area (Å²) in [6.07, 6.45) is 14.6. The Morgan fingerprint density at radius 2 is 0.779 bits per heavy atom. The Hall–Kier alpha value is -9.31. The number of nitrogens with one attached hydrogen (secondary N) is 6. The molecule has 9 aromatic heterocycles. The first kappa shape index (κ1) is 86.1. The Balaban J connectivity index is 0.000000189.